The fraction of sp³-hybridized carbons (Fsp3) is 0.412. The fourth-order valence-corrected chi connectivity index (χ4v) is 1.67. The monoisotopic (exact) mass is 339 g/mol. The van der Waals surface area contributed by atoms with Gasteiger partial charge in [0.15, 0.2) is 0 Å². The summed E-state index contributed by atoms with van der Waals surface area (Å²) in [5.41, 5.74) is 10.1. The number of amides is 1. The van der Waals surface area contributed by atoms with Crippen LogP contribution in [-0.4, -0.2) is 28.1 Å². The molecule has 1 aliphatic rings. The lowest BCUT2D eigenvalue weighted by Gasteiger charge is -2.15. The molecule has 2 aromatic rings. The molecule has 1 amide bonds. The van der Waals surface area contributed by atoms with Gasteiger partial charge in [-0.1, -0.05) is 32.0 Å². The van der Waals surface area contributed by atoms with E-state index in [0.29, 0.717) is 0 Å². The molecule has 1 saturated carbocycles. The van der Waals surface area contributed by atoms with Crippen molar-refractivity contribution in [2.24, 2.45) is 5.73 Å². The Labute approximate surface area is 143 Å². The van der Waals surface area contributed by atoms with Gasteiger partial charge in [0, 0.05) is 12.6 Å². The molecular formula is C17H28ClN4O+. The Bertz CT molecular complexity index is 539. The lowest BCUT2D eigenvalue weighted by molar-refractivity contribution is -0.437. The Morgan fingerprint density at radius 1 is 1.22 bits per heavy atom. The molecule has 0 atom stereocenters. The van der Waals surface area contributed by atoms with Gasteiger partial charge in [0.05, 0.1) is 11.7 Å². The molecule has 3 rings (SSSR count). The second-order valence-electron chi connectivity index (χ2n) is 4.64. The van der Waals surface area contributed by atoms with E-state index in [1.54, 1.807) is 16.9 Å². The molecule has 0 aliphatic heterocycles. The number of aromatic nitrogens is 2. The molecule has 1 fully saturated rings. The summed E-state index contributed by atoms with van der Waals surface area (Å²) in [5.74, 6) is -0.514. The number of carbonyl (C=O) groups excluding carboxylic acids is 1. The highest BCUT2D eigenvalue weighted by Crippen LogP contribution is 2.12. The van der Waals surface area contributed by atoms with E-state index in [4.69, 9.17) is 5.73 Å². The van der Waals surface area contributed by atoms with Gasteiger partial charge in [-0.3, -0.25) is 4.79 Å². The third-order valence-electron chi connectivity index (χ3n) is 3.09. The van der Waals surface area contributed by atoms with E-state index in [1.165, 1.54) is 25.6 Å². The number of para-hydroxylation sites is 1. The second-order valence-corrected chi connectivity index (χ2v) is 4.64. The first-order chi connectivity index (χ1) is 11.2. The highest BCUT2D eigenvalue weighted by atomic mass is 35.5. The van der Waals surface area contributed by atoms with Crippen molar-refractivity contribution in [2.45, 2.75) is 39.2 Å². The summed E-state index contributed by atoms with van der Waals surface area (Å²) < 4.78 is 1.61. The summed E-state index contributed by atoms with van der Waals surface area (Å²) in [7, 11) is 0. The predicted octanol–water partition coefficient (Wildman–Crippen LogP) is 2.63. The maximum absolute atomic E-state index is 10.8. The van der Waals surface area contributed by atoms with Gasteiger partial charge in [0.2, 0.25) is 0 Å². The minimum atomic E-state index is -0.514. The zero-order valence-corrected chi connectivity index (χ0v) is 15.0. The van der Waals surface area contributed by atoms with Crippen molar-refractivity contribution < 1.29 is 10.5 Å². The Hall–Kier alpha value is -1.85. The Morgan fingerprint density at radius 3 is 2.09 bits per heavy atom. The average molecular weight is 340 g/mol. The minimum Gasteiger partial charge on any atom is -0.364 e. The summed E-state index contributed by atoms with van der Waals surface area (Å²) in [6.45, 7) is 4.00. The van der Waals surface area contributed by atoms with Crippen LogP contribution < -0.4 is 11.5 Å². The first-order valence-electron chi connectivity index (χ1n) is 7.78. The average Bonchev–Trinajstić information content (AvgIpc) is 3.08. The summed E-state index contributed by atoms with van der Waals surface area (Å²) in [6, 6.07) is 11.9. The summed E-state index contributed by atoms with van der Waals surface area (Å²) in [6.07, 6.45) is 7.35. The van der Waals surface area contributed by atoms with E-state index in [1.807, 2.05) is 44.2 Å². The Morgan fingerprint density at radius 2 is 1.74 bits per heavy atom. The van der Waals surface area contributed by atoms with Gasteiger partial charge in [-0.15, -0.1) is 11.6 Å². The number of hydrogen-bond acceptors (Lipinski definition) is 2. The molecule has 1 aliphatic carbocycles. The Kier molecular flexibility index (Phi) is 11.7. The minimum absolute atomic E-state index is 0.272. The lowest BCUT2D eigenvalue weighted by atomic mass is 9.95. The van der Waals surface area contributed by atoms with E-state index in [-0.39, 0.29) is 5.69 Å². The number of rotatable bonds is 2. The molecular weight excluding hydrogens is 312 g/mol. The van der Waals surface area contributed by atoms with Gasteiger partial charge in [-0.25, -0.2) is 4.68 Å². The highest BCUT2D eigenvalue weighted by Gasteiger charge is 2.14. The zero-order valence-electron chi connectivity index (χ0n) is 14.2. The number of benzene rings is 1. The zero-order chi connectivity index (χ0) is 17.7. The third-order valence-corrected chi connectivity index (χ3v) is 3.09. The number of alkyl halides is 1. The van der Waals surface area contributed by atoms with Crippen molar-refractivity contribution in [2.75, 3.05) is 6.38 Å². The van der Waals surface area contributed by atoms with Crippen LogP contribution in [0.5, 0.6) is 0 Å². The summed E-state index contributed by atoms with van der Waals surface area (Å²) in [4.78, 5) is 10.8. The second kappa shape index (κ2) is 12.7. The molecule has 0 spiro atoms. The van der Waals surface area contributed by atoms with Gasteiger partial charge < -0.3 is 11.5 Å². The van der Waals surface area contributed by atoms with Gasteiger partial charge in [0.1, 0.15) is 5.69 Å². The third kappa shape index (κ3) is 7.81. The Balaban J connectivity index is 0.000000449. The molecule has 23 heavy (non-hydrogen) atoms. The van der Waals surface area contributed by atoms with E-state index in [9.17, 15) is 4.79 Å². The van der Waals surface area contributed by atoms with Crippen LogP contribution in [0.1, 0.15) is 43.6 Å². The molecule has 1 aromatic heterocycles. The molecule has 1 aromatic carbocycles. The number of halogens is 1. The predicted molar refractivity (Wildman–Crippen MR) is 95.7 cm³/mol. The largest absolute Gasteiger partial charge is 0.364 e. The van der Waals surface area contributed by atoms with Crippen LogP contribution in [-0.2, 0) is 0 Å². The van der Waals surface area contributed by atoms with E-state index in [0.717, 1.165) is 11.7 Å². The van der Waals surface area contributed by atoms with Crippen LogP contribution in [0.3, 0.4) is 0 Å². The smallest absolute Gasteiger partial charge is 0.269 e. The maximum Gasteiger partial charge on any atom is 0.269 e. The van der Waals surface area contributed by atoms with Gasteiger partial charge in [-0.05, 0) is 37.5 Å². The molecule has 5 N–H and O–H groups in total. The summed E-state index contributed by atoms with van der Waals surface area (Å²) >= 11 is 4.64. The first kappa shape index (κ1) is 21.1. The quantitative estimate of drug-likeness (QED) is 0.824. The standard InChI is InChI=1S/C10H9N3O.C4H9N.C2H6.CH3Cl/c11-10(14)9-6-7-13(12-9)8-4-2-1-3-5-8;5-4-2-1-3-4;2*1-2/h1-7H,(H2,11,14);4H,1-3,5H2;1-2H3;1H3/p+1. The molecule has 1 heterocycles. The molecule has 0 saturated heterocycles. The van der Waals surface area contributed by atoms with Gasteiger partial charge >= 0.3 is 0 Å². The highest BCUT2D eigenvalue weighted by molar-refractivity contribution is 6.15. The number of hydrogen-bond donors (Lipinski definition) is 2. The van der Waals surface area contributed by atoms with Gasteiger partial charge in [-0.2, -0.15) is 5.10 Å². The van der Waals surface area contributed by atoms with Crippen molar-refractivity contribution in [3.05, 3.63) is 48.3 Å². The van der Waals surface area contributed by atoms with Crippen molar-refractivity contribution in [3.63, 3.8) is 0 Å². The van der Waals surface area contributed by atoms with Crippen molar-refractivity contribution in [1.82, 2.24) is 9.78 Å². The molecule has 0 radical (unpaired) electrons. The van der Waals surface area contributed by atoms with Crippen LogP contribution in [0.2, 0.25) is 0 Å². The van der Waals surface area contributed by atoms with Crippen molar-refractivity contribution in [3.8, 4) is 5.69 Å². The molecule has 128 valence electrons. The first-order valence-corrected chi connectivity index (χ1v) is 8.54. The number of nitrogens with zero attached hydrogens (tertiary/aromatic N) is 2. The number of quaternary nitrogens is 1. The van der Waals surface area contributed by atoms with E-state index < -0.39 is 5.91 Å². The topological polar surface area (TPSA) is 88.6 Å². The maximum atomic E-state index is 10.8. The number of carbonyl (C=O) groups is 1. The van der Waals surface area contributed by atoms with Crippen molar-refractivity contribution in [1.29, 1.82) is 0 Å². The van der Waals surface area contributed by atoms with Crippen LogP contribution in [0.25, 0.3) is 5.69 Å². The van der Waals surface area contributed by atoms with Crippen LogP contribution in [0.15, 0.2) is 42.6 Å². The normalized spacial score (nSPS) is 12.2. The van der Waals surface area contributed by atoms with E-state index in [2.05, 4.69) is 22.4 Å². The molecule has 5 nitrogen and oxygen atoms in total. The SMILES string of the molecule is CC.CCl.NC(=O)c1ccn(-c2ccccc2)n1.[NH3+]C1CCC1. The van der Waals surface area contributed by atoms with Gasteiger partial charge in [0.25, 0.3) is 5.91 Å². The number of primary amides is 1. The van der Waals surface area contributed by atoms with Crippen LogP contribution in [0.4, 0.5) is 0 Å². The van der Waals surface area contributed by atoms with Crippen LogP contribution in [0, 0.1) is 0 Å². The molecule has 0 bridgehead atoms. The molecule has 0 unspecified atom stereocenters. The van der Waals surface area contributed by atoms with Crippen molar-refractivity contribution >= 4 is 17.5 Å². The number of nitrogens with two attached hydrogens (primary N) is 1. The fourth-order valence-electron chi connectivity index (χ4n) is 1.67. The summed E-state index contributed by atoms with van der Waals surface area (Å²) in [5, 5.41) is 4.02. The van der Waals surface area contributed by atoms with E-state index >= 15 is 0 Å². The molecule has 6 heteroatoms. The van der Waals surface area contributed by atoms with Crippen LogP contribution >= 0.6 is 11.6 Å². The lowest BCUT2D eigenvalue weighted by Crippen LogP contribution is -2.63.